The third-order valence-corrected chi connectivity index (χ3v) is 3.28. The van der Waals surface area contributed by atoms with E-state index in [1.54, 1.807) is 6.07 Å². The van der Waals surface area contributed by atoms with Crippen LogP contribution in [0.3, 0.4) is 0 Å². The first-order chi connectivity index (χ1) is 7.32. The van der Waals surface area contributed by atoms with Crippen molar-refractivity contribution in [2.24, 2.45) is 0 Å². The monoisotopic (exact) mass is 225 g/mol. The molecule has 1 aliphatic rings. The first kappa shape index (κ1) is 11.5. The van der Waals surface area contributed by atoms with E-state index in [1.807, 2.05) is 27.7 Å². The summed E-state index contributed by atoms with van der Waals surface area (Å²) in [5.41, 5.74) is -0.0296. The fraction of sp³-hybridized carbons (Fsp3) is 0.583. The van der Waals surface area contributed by atoms with E-state index < -0.39 is 12.2 Å². The van der Waals surface area contributed by atoms with Crippen molar-refractivity contribution < 1.29 is 13.9 Å². The molecule has 4 heteroatoms. The highest BCUT2D eigenvalue weighted by molar-refractivity contribution is 5.13. The molecule has 0 bridgehead atoms. The Morgan fingerprint density at radius 2 is 1.69 bits per heavy atom. The zero-order valence-electron chi connectivity index (χ0n) is 9.95. The van der Waals surface area contributed by atoms with Gasteiger partial charge in [-0.25, -0.2) is 4.98 Å². The maximum Gasteiger partial charge on any atom is 0.212 e. The van der Waals surface area contributed by atoms with Gasteiger partial charge in [0.05, 0.1) is 11.2 Å². The fourth-order valence-electron chi connectivity index (χ4n) is 1.51. The van der Waals surface area contributed by atoms with E-state index in [0.29, 0.717) is 0 Å². The van der Waals surface area contributed by atoms with E-state index in [9.17, 15) is 4.39 Å². The van der Waals surface area contributed by atoms with Crippen LogP contribution in [0.15, 0.2) is 18.3 Å². The Hall–Kier alpha value is -1.00. The highest BCUT2D eigenvalue weighted by Gasteiger charge is 2.49. The molecular formula is C12H16FNO2. The van der Waals surface area contributed by atoms with Crippen LogP contribution >= 0.6 is 0 Å². The lowest BCUT2D eigenvalue weighted by Crippen LogP contribution is -2.41. The van der Waals surface area contributed by atoms with Gasteiger partial charge >= 0.3 is 0 Å². The maximum absolute atomic E-state index is 12.7. The molecule has 3 nitrogen and oxygen atoms in total. The molecule has 88 valence electrons. The van der Waals surface area contributed by atoms with Gasteiger partial charge in [0.1, 0.15) is 0 Å². The molecule has 0 unspecified atom stereocenters. The van der Waals surface area contributed by atoms with E-state index >= 15 is 0 Å². The third-order valence-electron chi connectivity index (χ3n) is 3.28. The molecule has 1 aromatic heterocycles. The van der Waals surface area contributed by atoms with E-state index in [-0.39, 0.29) is 11.2 Å². The minimum atomic E-state index is -0.500. The van der Waals surface area contributed by atoms with Crippen molar-refractivity contribution in [2.75, 3.05) is 0 Å². The number of aromatic nitrogens is 1. The fourth-order valence-corrected chi connectivity index (χ4v) is 1.51. The predicted molar refractivity (Wildman–Crippen MR) is 57.3 cm³/mol. The van der Waals surface area contributed by atoms with Crippen LogP contribution in [-0.2, 0) is 9.47 Å². The van der Waals surface area contributed by atoms with E-state index in [1.165, 1.54) is 12.3 Å². The average molecular weight is 225 g/mol. The molecule has 0 aliphatic carbocycles. The second kappa shape index (κ2) is 3.50. The van der Waals surface area contributed by atoms with Gasteiger partial charge in [-0.1, -0.05) is 0 Å². The molecule has 1 saturated heterocycles. The highest BCUT2D eigenvalue weighted by atomic mass is 19.1. The van der Waals surface area contributed by atoms with Crippen LogP contribution in [0.25, 0.3) is 0 Å². The van der Waals surface area contributed by atoms with Gasteiger partial charge in [0.2, 0.25) is 5.95 Å². The summed E-state index contributed by atoms with van der Waals surface area (Å²) in [6.07, 6.45) is 0.968. The van der Waals surface area contributed by atoms with Crippen molar-refractivity contribution in [1.82, 2.24) is 4.98 Å². The molecule has 1 aliphatic heterocycles. The molecule has 0 spiro atoms. The normalized spacial score (nSPS) is 23.6. The molecule has 0 atom stereocenters. The van der Waals surface area contributed by atoms with Gasteiger partial charge < -0.3 is 9.47 Å². The molecule has 0 amide bonds. The summed E-state index contributed by atoms with van der Waals surface area (Å²) >= 11 is 0. The lowest BCUT2D eigenvalue weighted by atomic mass is 9.90. The van der Waals surface area contributed by atoms with Gasteiger partial charge in [-0.3, -0.25) is 0 Å². The van der Waals surface area contributed by atoms with Gasteiger partial charge in [0, 0.05) is 11.8 Å². The molecule has 16 heavy (non-hydrogen) atoms. The zero-order chi connectivity index (χ0) is 12.0. The molecular weight excluding hydrogens is 209 g/mol. The first-order valence-electron chi connectivity index (χ1n) is 5.29. The largest absolute Gasteiger partial charge is 0.339 e. The van der Waals surface area contributed by atoms with Crippen molar-refractivity contribution in [3.8, 4) is 0 Å². The molecule has 0 radical (unpaired) electrons. The summed E-state index contributed by atoms with van der Waals surface area (Å²) in [5.74, 6) is -0.500. The number of halogens is 1. The van der Waals surface area contributed by atoms with Crippen molar-refractivity contribution >= 4 is 0 Å². The summed E-state index contributed by atoms with van der Waals surface area (Å²) in [7, 11) is 0. The quantitative estimate of drug-likeness (QED) is 0.689. The molecule has 2 rings (SSSR count). The smallest absolute Gasteiger partial charge is 0.212 e. The highest BCUT2D eigenvalue weighted by Crippen LogP contribution is 2.44. The van der Waals surface area contributed by atoms with Crippen molar-refractivity contribution in [3.63, 3.8) is 0 Å². The molecule has 1 aromatic rings. The second-order valence-electron chi connectivity index (χ2n) is 5.00. The topological polar surface area (TPSA) is 31.4 Å². The van der Waals surface area contributed by atoms with Crippen molar-refractivity contribution in [1.29, 1.82) is 0 Å². The molecule has 0 saturated carbocycles. The molecule has 0 aromatic carbocycles. The van der Waals surface area contributed by atoms with Gasteiger partial charge in [0.25, 0.3) is 0 Å². The van der Waals surface area contributed by atoms with Gasteiger partial charge in [-0.05, 0) is 39.8 Å². The predicted octanol–water partition coefficient (Wildman–Crippen LogP) is 2.82. The standard InChI is InChI=1S/C12H16FNO2/c1-11(2)12(3,4)16-10(15-11)8-5-6-9(13)14-7-8/h5-7,10H,1-4H3. The zero-order valence-corrected chi connectivity index (χ0v) is 9.95. The Balaban J connectivity index is 2.23. The van der Waals surface area contributed by atoms with E-state index in [2.05, 4.69) is 4.98 Å². The van der Waals surface area contributed by atoms with Crippen LogP contribution in [-0.4, -0.2) is 16.2 Å². The number of rotatable bonds is 1. The lowest BCUT2D eigenvalue weighted by molar-refractivity contribution is -0.0898. The Labute approximate surface area is 94.6 Å². The molecule has 2 heterocycles. The van der Waals surface area contributed by atoms with Crippen molar-refractivity contribution in [3.05, 3.63) is 29.8 Å². The summed E-state index contributed by atoms with van der Waals surface area (Å²) in [6, 6.07) is 2.94. The Kier molecular flexibility index (Phi) is 2.51. The Morgan fingerprint density at radius 1 is 1.12 bits per heavy atom. The second-order valence-corrected chi connectivity index (χ2v) is 5.00. The third kappa shape index (κ3) is 1.83. The Morgan fingerprint density at radius 3 is 2.12 bits per heavy atom. The minimum Gasteiger partial charge on any atom is -0.339 e. The van der Waals surface area contributed by atoms with E-state index in [4.69, 9.17) is 9.47 Å². The summed E-state index contributed by atoms with van der Waals surface area (Å²) < 4.78 is 24.3. The van der Waals surface area contributed by atoms with Gasteiger partial charge in [0.15, 0.2) is 6.29 Å². The summed E-state index contributed by atoms with van der Waals surface area (Å²) in [4.78, 5) is 3.59. The number of ether oxygens (including phenoxy) is 2. The minimum absolute atomic E-state index is 0.383. The van der Waals surface area contributed by atoms with Crippen LogP contribution in [0.2, 0.25) is 0 Å². The number of nitrogens with zero attached hydrogens (tertiary/aromatic N) is 1. The SMILES string of the molecule is CC1(C)OC(c2ccc(F)nc2)OC1(C)C. The van der Waals surface area contributed by atoms with Crippen LogP contribution in [0.1, 0.15) is 39.5 Å². The maximum atomic E-state index is 12.7. The van der Waals surface area contributed by atoms with Gasteiger partial charge in [-0.2, -0.15) is 4.39 Å². The van der Waals surface area contributed by atoms with Crippen LogP contribution in [0, 0.1) is 5.95 Å². The average Bonchev–Trinajstić information content (AvgIpc) is 2.37. The summed E-state index contributed by atoms with van der Waals surface area (Å²) in [5, 5.41) is 0. The summed E-state index contributed by atoms with van der Waals surface area (Å²) in [6.45, 7) is 7.90. The van der Waals surface area contributed by atoms with Gasteiger partial charge in [-0.15, -0.1) is 0 Å². The van der Waals surface area contributed by atoms with Crippen LogP contribution in [0.4, 0.5) is 4.39 Å². The molecule has 0 N–H and O–H groups in total. The lowest BCUT2D eigenvalue weighted by Gasteiger charge is -2.30. The Bertz CT molecular complexity index is 371. The number of hydrogen-bond donors (Lipinski definition) is 0. The van der Waals surface area contributed by atoms with E-state index in [0.717, 1.165) is 5.56 Å². The first-order valence-corrected chi connectivity index (χ1v) is 5.29. The van der Waals surface area contributed by atoms with Crippen LogP contribution < -0.4 is 0 Å². The number of hydrogen-bond acceptors (Lipinski definition) is 3. The number of pyridine rings is 1. The molecule has 1 fully saturated rings. The van der Waals surface area contributed by atoms with Crippen molar-refractivity contribution in [2.45, 2.75) is 45.2 Å². The van der Waals surface area contributed by atoms with Crippen LogP contribution in [0.5, 0.6) is 0 Å².